The summed E-state index contributed by atoms with van der Waals surface area (Å²) in [5.41, 5.74) is 14.9. The number of carbonyl (C=O) groups excluding carboxylic acids is 1. The van der Waals surface area contributed by atoms with Gasteiger partial charge in [0, 0.05) is 5.56 Å². The number of aliphatic hydroxyl groups is 2. The third-order valence-electron chi connectivity index (χ3n) is 10.4. The van der Waals surface area contributed by atoms with Crippen LogP contribution in [0.5, 0.6) is 0 Å². The van der Waals surface area contributed by atoms with Crippen molar-refractivity contribution >= 4 is 45.3 Å². The Balaban J connectivity index is 0.000000172. The first kappa shape index (κ1) is 44.2. The molecule has 6 nitrogen and oxygen atoms in total. The molecule has 0 aliphatic carbocycles. The molecule has 5 atom stereocenters. The summed E-state index contributed by atoms with van der Waals surface area (Å²) in [4.78, 5) is 10.1. The minimum absolute atomic E-state index is 0.0269. The number of aldehydes is 1. The molecule has 9 heteroatoms. The Bertz CT molecular complexity index is 1770. The van der Waals surface area contributed by atoms with Gasteiger partial charge in [0.2, 0.25) is 0 Å². The molecule has 6 N–H and O–H groups in total. The lowest BCUT2D eigenvalue weighted by Crippen LogP contribution is -2.29. The van der Waals surface area contributed by atoms with E-state index in [0.29, 0.717) is 11.0 Å². The zero-order valence-electron chi connectivity index (χ0n) is 32.7. The smallest absolute Gasteiger partial charge is 0.423 e. The van der Waals surface area contributed by atoms with Gasteiger partial charge < -0.3 is 26.0 Å². The lowest BCUT2D eigenvalue weighted by atomic mass is 9.81. The van der Waals surface area contributed by atoms with E-state index < -0.39 is 7.12 Å². The molecular weight excluding hydrogens is 719 g/mol. The van der Waals surface area contributed by atoms with Gasteiger partial charge in [0.1, 0.15) is 6.29 Å². The monoisotopic (exact) mass is 777 g/mol. The third-order valence-corrected chi connectivity index (χ3v) is 17.3. The summed E-state index contributed by atoms with van der Waals surface area (Å²) in [7, 11) is -1.18. The van der Waals surface area contributed by atoms with Crippen LogP contribution in [0.25, 0.3) is 0 Å². The minimum atomic E-state index is -1.34. The predicted octanol–water partition coefficient (Wildman–Crippen LogP) is 7.63. The van der Waals surface area contributed by atoms with Crippen molar-refractivity contribution in [2.45, 2.75) is 95.3 Å². The Kier molecular flexibility index (Phi) is 18.4. The molecule has 5 aromatic carbocycles. The van der Waals surface area contributed by atoms with Crippen LogP contribution in [0.15, 0.2) is 133 Å². The Morgan fingerprint density at radius 2 is 0.945 bits per heavy atom. The fourth-order valence-electron chi connectivity index (χ4n) is 7.25. The average Bonchev–Trinajstić information content (AvgIpc) is 3.76. The van der Waals surface area contributed by atoms with Gasteiger partial charge in [0.25, 0.3) is 0 Å². The highest BCUT2D eigenvalue weighted by molar-refractivity contribution is 7.73. The molecule has 7 rings (SSSR count). The number of benzene rings is 5. The predicted molar refractivity (Wildman–Crippen MR) is 235 cm³/mol. The first-order valence-corrected chi connectivity index (χ1v) is 22.3. The van der Waals surface area contributed by atoms with Crippen molar-refractivity contribution in [1.82, 2.24) is 0 Å². The fourth-order valence-corrected chi connectivity index (χ4v) is 14.5. The highest BCUT2D eigenvalue weighted by Crippen LogP contribution is 2.58. The zero-order chi connectivity index (χ0) is 39.7. The molecule has 2 fully saturated rings. The SMILES string of the molecule is C[C@H]1CC[C@H](C)P1c1ccccc1P1[C@@H](C)CC[C@@H]1C.NC(c1ccccc1)c1ccc(CO)cc1.O=Cc1ccc(CO)cc1.OB(O)c1ccccc1. The lowest BCUT2D eigenvalue weighted by Gasteiger charge is -2.30. The molecule has 2 heterocycles. The van der Waals surface area contributed by atoms with Gasteiger partial charge in [0.15, 0.2) is 0 Å². The molecule has 0 amide bonds. The van der Waals surface area contributed by atoms with E-state index in [4.69, 9.17) is 26.0 Å². The van der Waals surface area contributed by atoms with E-state index in [9.17, 15) is 4.79 Å². The van der Waals surface area contributed by atoms with Crippen molar-refractivity contribution in [1.29, 1.82) is 0 Å². The maximum atomic E-state index is 10.1. The minimum Gasteiger partial charge on any atom is -0.423 e. The van der Waals surface area contributed by atoms with Crippen LogP contribution in [-0.4, -0.2) is 56.3 Å². The molecule has 0 radical (unpaired) electrons. The summed E-state index contributed by atoms with van der Waals surface area (Å²) in [6.07, 6.45) is 6.57. The molecule has 2 saturated heterocycles. The van der Waals surface area contributed by atoms with Crippen LogP contribution in [0.2, 0.25) is 0 Å². The van der Waals surface area contributed by atoms with Gasteiger partial charge in [-0.15, -0.1) is 0 Å². The van der Waals surface area contributed by atoms with Crippen LogP contribution in [0, 0.1) is 0 Å². The van der Waals surface area contributed by atoms with Crippen LogP contribution < -0.4 is 21.8 Å². The first-order chi connectivity index (χ1) is 26.6. The second-order valence-corrected chi connectivity index (χ2v) is 20.6. The highest BCUT2D eigenvalue weighted by Gasteiger charge is 2.37. The van der Waals surface area contributed by atoms with Gasteiger partial charge in [-0.1, -0.05) is 177 Å². The van der Waals surface area contributed by atoms with E-state index in [1.807, 2.05) is 60.7 Å². The summed E-state index contributed by atoms with van der Waals surface area (Å²) in [5, 5.41) is 38.3. The number of aliphatic hydroxyl groups excluding tert-OH is 2. The number of carbonyl (C=O) groups is 1. The number of nitrogens with two attached hydrogens (primary N) is 1. The Hall–Kier alpha value is -3.51. The van der Waals surface area contributed by atoms with E-state index in [2.05, 4.69) is 52.0 Å². The van der Waals surface area contributed by atoms with Crippen LogP contribution in [-0.2, 0) is 13.2 Å². The third kappa shape index (κ3) is 13.0. The van der Waals surface area contributed by atoms with E-state index in [1.165, 1.54) is 25.7 Å². The Morgan fingerprint density at radius 3 is 1.31 bits per heavy atom. The average molecular weight is 778 g/mol. The molecule has 1 unspecified atom stereocenters. The van der Waals surface area contributed by atoms with Crippen molar-refractivity contribution in [2.24, 2.45) is 5.73 Å². The molecular formula is C46H58BNO5P2. The van der Waals surface area contributed by atoms with Crippen molar-refractivity contribution < 1.29 is 25.1 Å². The number of rotatable bonds is 8. The highest BCUT2D eigenvalue weighted by atomic mass is 31.1. The molecule has 0 bridgehead atoms. The summed E-state index contributed by atoms with van der Waals surface area (Å²) in [5.74, 6) is 0. The fraction of sp³-hybridized carbons (Fsp3) is 0.326. The van der Waals surface area contributed by atoms with Gasteiger partial charge in [-0.2, -0.15) is 0 Å². The van der Waals surface area contributed by atoms with Gasteiger partial charge in [-0.25, -0.2) is 0 Å². The van der Waals surface area contributed by atoms with Crippen LogP contribution >= 0.6 is 15.8 Å². The molecule has 5 aromatic rings. The number of hydrogen-bond acceptors (Lipinski definition) is 6. The van der Waals surface area contributed by atoms with E-state index >= 15 is 0 Å². The van der Waals surface area contributed by atoms with Crippen LogP contribution in [0.1, 0.15) is 92.0 Å². The first-order valence-electron chi connectivity index (χ1n) is 19.3. The summed E-state index contributed by atoms with van der Waals surface area (Å²) in [6, 6.07) is 42.6. The largest absolute Gasteiger partial charge is 0.488 e. The second-order valence-electron chi connectivity index (χ2n) is 14.4. The van der Waals surface area contributed by atoms with Gasteiger partial charge >= 0.3 is 7.12 Å². The lowest BCUT2D eigenvalue weighted by molar-refractivity contribution is 0.112. The second kappa shape index (κ2) is 22.9. The molecule has 2 aliphatic heterocycles. The van der Waals surface area contributed by atoms with Crippen molar-refractivity contribution in [3.05, 3.63) is 161 Å². The quantitative estimate of drug-likeness (QED) is 0.0628. The molecule has 290 valence electrons. The topological polar surface area (TPSA) is 124 Å². The van der Waals surface area contributed by atoms with Gasteiger partial charge in [-0.05, 0) is 86.6 Å². The summed E-state index contributed by atoms with van der Waals surface area (Å²) >= 11 is 0. The summed E-state index contributed by atoms with van der Waals surface area (Å²) < 4.78 is 0. The van der Waals surface area contributed by atoms with Crippen molar-refractivity contribution in [3.8, 4) is 0 Å². The Labute approximate surface area is 331 Å². The van der Waals surface area contributed by atoms with Crippen LogP contribution in [0.4, 0.5) is 0 Å². The maximum absolute atomic E-state index is 10.1. The summed E-state index contributed by atoms with van der Waals surface area (Å²) in [6.45, 7) is 10.1. The van der Waals surface area contributed by atoms with E-state index in [0.717, 1.165) is 51.2 Å². The Morgan fingerprint density at radius 1 is 0.582 bits per heavy atom. The standard InChI is InChI=1S/C18H28P2.C14H15NO.C8H8O2.C6H7BO2/c1-13-9-10-14(2)19(13)17-7-5-6-8-18(17)20-15(3)11-12-16(20)4;15-14(12-4-2-1-3-5-12)13-8-6-11(10-16)7-9-13;9-5-7-1-2-8(6-10)4-3-7;8-7(9)6-4-2-1-3-5-6/h5-8,13-16H,9-12H2,1-4H3;1-9,14,16H,10,15H2;1-5,10H,6H2;1-5,8-9H/t13-,14-,15-,16-;;;/m0.../s1. The van der Waals surface area contributed by atoms with Crippen LogP contribution in [0.3, 0.4) is 0 Å². The van der Waals surface area contributed by atoms with Gasteiger partial charge in [0.05, 0.1) is 19.3 Å². The number of hydrogen-bond donors (Lipinski definition) is 5. The molecule has 2 aliphatic rings. The van der Waals surface area contributed by atoms with Crippen molar-refractivity contribution in [2.75, 3.05) is 0 Å². The van der Waals surface area contributed by atoms with E-state index in [-0.39, 0.29) is 35.1 Å². The maximum Gasteiger partial charge on any atom is 0.488 e. The normalized spacial score (nSPS) is 19.8. The molecule has 0 aromatic heterocycles. The van der Waals surface area contributed by atoms with Gasteiger partial charge in [-0.3, -0.25) is 4.79 Å². The zero-order valence-corrected chi connectivity index (χ0v) is 34.4. The molecule has 0 spiro atoms. The molecule has 55 heavy (non-hydrogen) atoms. The van der Waals surface area contributed by atoms with Crippen molar-refractivity contribution in [3.63, 3.8) is 0 Å². The van der Waals surface area contributed by atoms with E-state index in [1.54, 1.807) is 59.1 Å². The molecule has 0 saturated carbocycles.